The molecule has 0 bridgehead atoms. The van der Waals surface area contributed by atoms with E-state index in [-0.39, 0.29) is 5.91 Å². The van der Waals surface area contributed by atoms with E-state index in [1.807, 2.05) is 0 Å². The number of hydrogen-bond donors (Lipinski definition) is 1. The average Bonchev–Trinajstić information content (AvgIpc) is 2.79. The maximum Gasteiger partial charge on any atom is 0.285 e. The van der Waals surface area contributed by atoms with Gasteiger partial charge in [-0.2, -0.15) is 5.10 Å². The van der Waals surface area contributed by atoms with Gasteiger partial charge in [0.15, 0.2) is 0 Å². The molecule has 0 aliphatic heterocycles. The van der Waals surface area contributed by atoms with E-state index in [1.165, 1.54) is 6.21 Å². The molecule has 2 aromatic rings. The van der Waals surface area contributed by atoms with Crippen LogP contribution in [0.2, 0.25) is 10.0 Å². The zero-order valence-corrected chi connectivity index (χ0v) is 12.1. The van der Waals surface area contributed by atoms with Crippen LogP contribution in [-0.4, -0.2) is 21.7 Å². The molecular formula is C11H8Cl2N4OS. The molecule has 1 aromatic carbocycles. The standard InChI is InChI=1S/C11H8Cl2N4OS/c1-6-10(19-17-15-6)11(18)16-14-5-7-8(12)3-2-4-9(7)13/h2-5H,1H3,(H,16,18). The summed E-state index contributed by atoms with van der Waals surface area (Å²) in [4.78, 5) is 12.1. The maximum absolute atomic E-state index is 11.7. The van der Waals surface area contributed by atoms with Crippen LogP contribution in [-0.2, 0) is 0 Å². The number of carbonyl (C=O) groups excluding carboxylic acids is 1. The van der Waals surface area contributed by atoms with Gasteiger partial charge in [0, 0.05) is 5.56 Å². The summed E-state index contributed by atoms with van der Waals surface area (Å²) in [7, 11) is 0. The minimum absolute atomic E-state index is 0.369. The van der Waals surface area contributed by atoms with Gasteiger partial charge >= 0.3 is 0 Å². The summed E-state index contributed by atoms with van der Waals surface area (Å²) in [6, 6.07) is 5.11. The fourth-order valence-corrected chi connectivity index (χ4v) is 2.32. The van der Waals surface area contributed by atoms with Crippen LogP contribution in [0.3, 0.4) is 0 Å². The molecule has 0 aliphatic rings. The van der Waals surface area contributed by atoms with E-state index in [1.54, 1.807) is 25.1 Å². The van der Waals surface area contributed by atoms with Crippen molar-refractivity contribution in [3.05, 3.63) is 44.4 Å². The van der Waals surface area contributed by atoms with Gasteiger partial charge in [-0.1, -0.05) is 33.8 Å². The molecule has 0 spiro atoms. The second-order valence-corrected chi connectivity index (χ2v) is 5.09. The smallest absolute Gasteiger partial charge is 0.266 e. The number of nitrogens with one attached hydrogen (secondary N) is 1. The molecule has 0 radical (unpaired) electrons. The lowest BCUT2D eigenvalue weighted by molar-refractivity contribution is 0.0958. The van der Waals surface area contributed by atoms with Gasteiger partial charge in [0.2, 0.25) is 0 Å². The summed E-state index contributed by atoms with van der Waals surface area (Å²) in [5, 5.41) is 8.48. The summed E-state index contributed by atoms with van der Waals surface area (Å²) in [6.45, 7) is 1.70. The van der Waals surface area contributed by atoms with Crippen molar-refractivity contribution in [3.8, 4) is 0 Å². The molecule has 98 valence electrons. The van der Waals surface area contributed by atoms with Crippen LogP contribution in [0, 0.1) is 6.92 Å². The Morgan fingerprint density at radius 1 is 1.42 bits per heavy atom. The fraction of sp³-hybridized carbons (Fsp3) is 0.0909. The first-order valence-corrected chi connectivity index (χ1v) is 6.69. The van der Waals surface area contributed by atoms with E-state index < -0.39 is 0 Å². The molecule has 1 N–H and O–H groups in total. The lowest BCUT2D eigenvalue weighted by atomic mass is 10.2. The van der Waals surface area contributed by atoms with Gasteiger partial charge in [0.1, 0.15) is 4.88 Å². The van der Waals surface area contributed by atoms with Crippen molar-refractivity contribution in [2.24, 2.45) is 5.10 Å². The molecule has 1 heterocycles. The Balaban J connectivity index is 2.09. The summed E-state index contributed by atoms with van der Waals surface area (Å²) in [5.74, 6) is -0.369. The first-order chi connectivity index (χ1) is 9.09. The van der Waals surface area contributed by atoms with E-state index in [4.69, 9.17) is 23.2 Å². The highest BCUT2D eigenvalue weighted by Gasteiger charge is 2.12. The van der Waals surface area contributed by atoms with Crippen molar-refractivity contribution < 1.29 is 4.79 Å². The number of amides is 1. The van der Waals surface area contributed by atoms with E-state index in [0.717, 1.165) is 11.5 Å². The SMILES string of the molecule is Cc1nnsc1C(=O)NN=Cc1c(Cl)cccc1Cl. The molecule has 1 aromatic heterocycles. The minimum atomic E-state index is -0.369. The highest BCUT2D eigenvalue weighted by Crippen LogP contribution is 2.22. The van der Waals surface area contributed by atoms with Gasteiger partial charge in [-0.05, 0) is 30.6 Å². The lowest BCUT2D eigenvalue weighted by Crippen LogP contribution is -2.17. The first-order valence-electron chi connectivity index (χ1n) is 5.16. The van der Waals surface area contributed by atoms with Gasteiger partial charge in [0.05, 0.1) is 22.0 Å². The maximum atomic E-state index is 11.7. The quantitative estimate of drug-likeness (QED) is 0.699. The highest BCUT2D eigenvalue weighted by molar-refractivity contribution is 7.07. The number of aromatic nitrogens is 2. The third-order valence-electron chi connectivity index (χ3n) is 2.22. The van der Waals surface area contributed by atoms with Crippen LogP contribution in [0.5, 0.6) is 0 Å². The largest absolute Gasteiger partial charge is 0.285 e. The van der Waals surface area contributed by atoms with Gasteiger partial charge in [-0.3, -0.25) is 4.79 Å². The highest BCUT2D eigenvalue weighted by atomic mass is 35.5. The van der Waals surface area contributed by atoms with Crippen molar-refractivity contribution in [1.29, 1.82) is 0 Å². The zero-order valence-electron chi connectivity index (χ0n) is 9.72. The molecule has 2 rings (SSSR count). The predicted octanol–water partition coefficient (Wildman–Crippen LogP) is 2.92. The summed E-state index contributed by atoms with van der Waals surface area (Å²) in [5.41, 5.74) is 3.48. The summed E-state index contributed by atoms with van der Waals surface area (Å²) in [6.07, 6.45) is 1.40. The van der Waals surface area contributed by atoms with Crippen molar-refractivity contribution in [3.63, 3.8) is 0 Å². The molecule has 5 nitrogen and oxygen atoms in total. The molecule has 0 saturated carbocycles. The van der Waals surface area contributed by atoms with E-state index in [0.29, 0.717) is 26.2 Å². The van der Waals surface area contributed by atoms with E-state index in [9.17, 15) is 4.79 Å². The zero-order chi connectivity index (χ0) is 13.8. The molecule has 0 fully saturated rings. The van der Waals surface area contributed by atoms with Crippen molar-refractivity contribution in [1.82, 2.24) is 15.0 Å². The lowest BCUT2D eigenvalue weighted by Gasteiger charge is -2.00. The fourth-order valence-electron chi connectivity index (χ4n) is 1.28. The number of nitrogens with zero attached hydrogens (tertiary/aromatic N) is 3. The third kappa shape index (κ3) is 3.28. The second kappa shape index (κ2) is 6.10. The Morgan fingerprint density at radius 3 is 2.68 bits per heavy atom. The Hall–Kier alpha value is -1.50. The third-order valence-corrected chi connectivity index (χ3v) is 3.70. The molecule has 0 saturated heterocycles. The molecule has 0 aliphatic carbocycles. The van der Waals surface area contributed by atoms with Gasteiger partial charge < -0.3 is 0 Å². The van der Waals surface area contributed by atoms with E-state index >= 15 is 0 Å². The summed E-state index contributed by atoms with van der Waals surface area (Å²) >= 11 is 12.9. The number of benzene rings is 1. The second-order valence-electron chi connectivity index (χ2n) is 3.52. The Labute approximate surface area is 123 Å². The van der Waals surface area contributed by atoms with E-state index in [2.05, 4.69) is 20.1 Å². The number of halogens is 2. The monoisotopic (exact) mass is 314 g/mol. The Kier molecular flexibility index (Phi) is 4.47. The molecule has 0 atom stereocenters. The van der Waals surface area contributed by atoms with Crippen molar-refractivity contribution in [2.75, 3.05) is 0 Å². The van der Waals surface area contributed by atoms with Gasteiger partial charge in [-0.15, -0.1) is 5.10 Å². The number of rotatable bonds is 3. The number of hydrazone groups is 1. The topological polar surface area (TPSA) is 67.2 Å². The van der Waals surface area contributed by atoms with Crippen LogP contribution in [0.4, 0.5) is 0 Å². The van der Waals surface area contributed by atoms with Crippen LogP contribution in [0.15, 0.2) is 23.3 Å². The van der Waals surface area contributed by atoms with Crippen LogP contribution < -0.4 is 5.43 Å². The molecule has 8 heteroatoms. The first kappa shape index (κ1) is 13.9. The van der Waals surface area contributed by atoms with Crippen molar-refractivity contribution in [2.45, 2.75) is 6.92 Å². The average molecular weight is 315 g/mol. The predicted molar refractivity (Wildman–Crippen MR) is 76.2 cm³/mol. The molecular weight excluding hydrogens is 307 g/mol. The Bertz CT molecular complexity index is 621. The Morgan fingerprint density at radius 2 is 2.11 bits per heavy atom. The van der Waals surface area contributed by atoms with Crippen LogP contribution in [0.1, 0.15) is 20.9 Å². The number of aryl methyl sites for hydroxylation is 1. The van der Waals surface area contributed by atoms with Crippen molar-refractivity contribution >= 4 is 46.9 Å². The number of carbonyl (C=O) groups is 1. The minimum Gasteiger partial charge on any atom is -0.266 e. The summed E-state index contributed by atoms with van der Waals surface area (Å²) < 4.78 is 3.67. The normalized spacial score (nSPS) is 10.9. The molecule has 19 heavy (non-hydrogen) atoms. The molecule has 1 amide bonds. The number of hydrogen-bond acceptors (Lipinski definition) is 5. The van der Waals surface area contributed by atoms with Gasteiger partial charge in [0.25, 0.3) is 5.91 Å². The van der Waals surface area contributed by atoms with Crippen LogP contribution >= 0.6 is 34.7 Å². The molecule has 0 unspecified atom stereocenters. The van der Waals surface area contributed by atoms with Crippen LogP contribution in [0.25, 0.3) is 0 Å². The van der Waals surface area contributed by atoms with Gasteiger partial charge in [-0.25, -0.2) is 5.43 Å².